The van der Waals surface area contributed by atoms with Crippen LogP contribution in [0.25, 0.3) is 0 Å². The molecule has 0 aromatic heterocycles. The fourth-order valence-corrected chi connectivity index (χ4v) is 3.85. The molecule has 1 saturated heterocycles. The van der Waals surface area contributed by atoms with Crippen LogP contribution in [0.4, 0.5) is 0 Å². The van der Waals surface area contributed by atoms with Crippen LogP contribution in [-0.2, 0) is 18.9 Å². The van der Waals surface area contributed by atoms with E-state index in [0.717, 1.165) is 25.7 Å². The lowest BCUT2D eigenvalue weighted by Gasteiger charge is -2.42. The summed E-state index contributed by atoms with van der Waals surface area (Å²) in [7, 11) is 0. The molecule has 0 spiro atoms. The summed E-state index contributed by atoms with van der Waals surface area (Å²) in [6.07, 6.45) is -3.36. The zero-order valence-corrected chi connectivity index (χ0v) is 19.2. The molecule has 0 aliphatic carbocycles. The Morgan fingerprint density at radius 2 is 1.39 bits per heavy atom. The Labute approximate surface area is 194 Å². The number of unbranched alkanes of at least 4 members (excludes halogenated alkanes) is 7. The maximum atomic E-state index is 10.5. The van der Waals surface area contributed by atoms with Crippen molar-refractivity contribution in [3.8, 4) is 0 Å². The van der Waals surface area contributed by atoms with Gasteiger partial charge < -0.3 is 54.7 Å². The van der Waals surface area contributed by atoms with Gasteiger partial charge in [0.1, 0.15) is 43.2 Å². The van der Waals surface area contributed by atoms with Crippen LogP contribution in [0.2, 0.25) is 0 Å². The number of rotatable bonds is 14. The summed E-state index contributed by atoms with van der Waals surface area (Å²) in [5.41, 5.74) is 0. The van der Waals surface area contributed by atoms with E-state index < -0.39 is 68.2 Å². The molecule has 0 amide bonds. The molecule has 0 unspecified atom stereocenters. The summed E-state index contributed by atoms with van der Waals surface area (Å²) >= 11 is 0. The third-order valence-electron chi connectivity index (χ3n) is 5.92. The van der Waals surface area contributed by atoms with E-state index in [4.69, 9.17) is 18.9 Å². The van der Waals surface area contributed by atoms with Crippen LogP contribution < -0.4 is 0 Å². The quantitative estimate of drug-likeness (QED) is 0.155. The summed E-state index contributed by atoms with van der Waals surface area (Å²) in [6, 6.07) is 0. The number of hydrogen-bond acceptors (Lipinski definition) is 11. The molecular weight excluding hydrogens is 440 g/mol. The molecule has 8 atom stereocenters. The third-order valence-corrected chi connectivity index (χ3v) is 5.92. The summed E-state index contributed by atoms with van der Waals surface area (Å²) in [5, 5.41) is 69.7. The van der Waals surface area contributed by atoms with Gasteiger partial charge in [0, 0.05) is 0 Å². The first kappa shape index (κ1) is 28.2. The van der Waals surface area contributed by atoms with Crippen LogP contribution in [0.1, 0.15) is 58.3 Å². The van der Waals surface area contributed by atoms with E-state index >= 15 is 0 Å². The van der Waals surface area contributed by atoms with Gasteiger partial charge in [-0.05, 0) is 6.42 Å². The van der Waals surface area contributed by atoms with Crippen molar-refractivity contribution in [2.75, 3.05) is 19.8 Å². The normalized spacial score (nSPS) is 34.9. The SMILES string of the molecule is CCCCCCCCCCO[C@@H]1OC(CO)=C(O[C@H]2O[C@H](CO)[C@@H](O)[C@H](O)[C@@H]2O)[C@@H](O)[C@H]1O. The Kier molecular flexibility index (Phi) is 12.3. The maximum absolute atomic E-state index is 10.5. The van der Waals surface area contributed by atoms with Crippen molar-refractivity contribution in [2.45, 2.75) is 107 Å². The molecule has 2 aliphatic rings. The fourth-order valence-electron chi connectivity index (χ4n) is 3.85. The highest BCUT2D eigenvalue weighted by Gasteiger charge is 2.47. The van der Waals surface area contributed by atoms with E-state index in [-0.39, 0.29) is 5.76 Å². The minimum absolute atomic E-state index is 0.231. The van der Waals surface area contributed by atoms with Crippen molar-refractivity contribution in [2.24, 2.45) is 0 Å². The molecule has 1 fully saturated rings. The summed E-state index contributed by atoms with van der Waals surface area (Å²) < 4.78 is 21.6. The van der Waals surface area contributed by atoms with Crippen molar-refractivity contribution in [1.29, 1.82) is 0 Å². The topological polar surface area (TPSA) is 179 Å². The van der Waals surface area contributed by atoms with Gasteiger partial charge in [0.2, 0.25) is 12.6 Å². The van der Waals surface area contributed by atoms with E-state index in [1.54, 1.807) is 0 Å². The lowest BCUT2D eigenvalue weighted by atomic mass is 9.99. The van der Waals surface area contributed by atoms with Gasteiger partial charge in [-0.3, -0.25) is 0 Å². The highest BCUT2D eigenvalue weighted by molar-refractivity contribution is 5.14. The van der Waals surface area contributed by atoms with Gasteiger partial charge >= 0.3 is 0 Å². The predicted octanol–water partition coefficient (Wildman–Crippen LogP) is -0.758. The van der Waals surface area contributed by atoms with Crippen LogP contribution in [-0.4, -0.2) is 105 Å². The predicted molar refractivity (Wildman–Crippen MR) is 114 cm³/mol. The molecule has 2 heterocycles. The van der Waals surface area contributed by atoms with Gasteiger partial charge in [0.05, 0.1) is 13.2 Å². The molecule has 0 saturated carbocycles. The van der Waals surface area contributed by atoms with E-state index in [0.29, 0.717) is 6.61 Å². The van der Waals surface area contributed by atoms with Gasteiger partial charge in [0.25, 0.3) is 0 Å². The summed E-state index contributed by atoms with van der Waals surface area (Å²) in [4.78, 5) is 0. The monoisotopic (exact) mass is 480 g/mol. The summed E-state index contributed by atoms with van der Waals surface area (Å²) in [6.45, 7) is 1.12. The lowest BCUT2D eigenvalue weighted by Crippen LogP contribution is -2.59. The lowest BCUT2D eigenvalue weighted by molar-refractivity contribution is -0.301. The molecule has 194 valence electrons. The van der Waals surface area contributed by atoms with E-state index in [1.165, 1.54) is 25.7 Å². The van der Waals surface area contributed by atoms with Crippen LogP contribution in [0.15, 0.2) is 11.5 Å². The average molecular weight is 481 g/mol. The zero-order valence-electron chi connectivity index (χ0n) is 19.2. The van der Waals surface area contributed by atoms with Crippen molar-refractivity contribution in [1.82, 2.24) is 0 Å². The molecule has 0 radical (unpaired) electrons. The second-order valence-corrected chi connectivity index (χ2v) is 8.53. The second-order valence-electron chi connectivity index (χ2n) is 8.53. The minimum atomic E-state index is -1.73. The second kappa shape index (κ2) is 14.4. The number of aliphatic hydroxyl groups excluding tert-OH is 7. The first-order valence-corrected chi connectivity index (χ1v) is 11.8. The standard InChI is InChI=1S/C22H40O11/c1-2-3-4-5-6-7-8-9-10-30-21-19(29)17(27)20(14(12-24)32-21)33-22-18(28)16(26)15(25)13(11-23)31-22/h13,15-19,21-29H,2-12H2,1H3/t13-,15-,16+,17+,18+,19-,21-,22-/m1/s1. The molecular formula is C22H40O11. The molecule has 0 aromatic carbocycles. The van der Waals surface area contributed by atoms with Crippen molar-refractivity contribution in [3.63, 3.8) is 0 Å². The Morgan fingerprint density at radius 3 is 2.00 bits per heavy atom. The molecule has 33 heavy (non-hydrogen) atoms. The molecule has 0 bridgehead atoms. The molecule has 0 aromatic rings. The molecule has 11 heteroatoms. The molecule has 7 N–H and O–H groups in total. The van der Waals surface area contributed by atoms with Crippen molar-refractivity contribution in [3.05, 3.63) is 11.5 Å². The van der Waals surface area contributed by atoms with Gasteiger partial charge in [-0.2, -0.15) is 0 Å². The third kappa shape index (κ3) is 7.74. The van der Waals surface area contributed by atoms with Crippen LogP contribution >= 0.6 is 0 Å². The highest BCUT2D eigenvalue weighted by Crippen LogP contribution is 2.31. The first-order chi connectivity index (χ1) is 15.8. The van der Waals surface area contributed by atoms with Gasteiger partial charge in [0.15, 0.2) is 11.5 Å². The van der Waals surface area contributed by atoms with Crippen molar-refractivity contribution < 1.29 is 54.7 Å². The van der Waals surface area contributed by atoms with Crippen LogP contribution in [0, 0.1) is 0 Å². The Hall–Kier alpha value is -1.02. The first-order valence-electron chi connectivity index (χ1n) is 11.8. The van der Waals surface area contributed by atoms with Crippen molar-refractivity contribution >= 4 is 0 Å². The van der Waals surface area contributed by atoms with E-state index in [1.807, 2.05) is 0 Å². The number of aliphatic hydroxyl groups is 7. The number of hydrogen-bond donors (Lipinski definition) is 7. The smallest absolute Gasteiger partial charge is 0.229 e. The largest absolute Gasteiger partial charge is 0.460 e. The Balaban J connectivity index is 1.88. The fraction of sp³-hybridized carbons (Fsp3) is 0.909. The molecule has 2 rings (SSSR count). The Bertz CT molecular complexity index is 585. The number of ether oxygens (including phenoxy) is 4. The van der Waals surface area contributed by atoms with Gasteiger partial charge in [-0.1, -0.05) is 51.9 Å². The van der Waals surface area contributed by atoms with Gasteiger partial charge in [-0.25, -0.2) is 0 Å². The summed E-state index contributed by atoms with van der Waals surface area (Å²) in [5.74, 6) is -0.632. The average Bonchev–Trinajstić information content (AvgIpc) is 2.82. The van der Waals surface area contributed by atoms with Crippen LogP contribution in [0.3, 0.4) is 0 Å². The van der Waals surface area contributed by atoms with E-state index in [9.17, 15) is 35.7 Å². The molecule has 2 aliphatic heterocycles. The molecule has 11 nitrogen and oxygen atoms in total. The maximum Gasteiger partial charge on any atom is 0.229 e. The van der Waals surface area contributed by atoms with Crippen LogP contribution in [0.5, 0.6) is 0 Å². The Morgan fingerprint density at radius 1 is 0.758 bits per heavy atom. The van der Waals surface area contributed by atoms with E-state index in [2.05, 4.69) is 6.92 Å². The zero-order chi connectivity index (χ0) is 24.4. The van der Waals surface area contributed by atoms with Gasteiger partial charge in [-0.15, -0.1) is 0 Å². The highest BCUT2D eigenvalue weighted by atomic mass is 16.7. The minimum Gasteiger partial charge on any atom is -0.460 e.